The summed E-state index contributed by atoms with van der Waals surface area (Å²) in [6.45, 7) is 3.12. The van der Waals surface area contributed by atoms with Crippen molar-refractivity contribution in [2.24, 2.45) is 5.92 Å². The Morgan fingerprint density at radius 1 is 1.30 bits per heavy atom. The minimum atomic E-state index is -0.403. The molecule has 3 nitrogen and oxygen atoms in total. The van der Waals surface area contributed by atoms with E-state index in [1.165, 1.54) is 12.5 Å². The molecule has 2 saturated heterocycles. The first-order chi connectivity index (χ1) is 9.70. The predicted octanol–water partition coefficient (Wildman–Crippen LogP) is 2.62. The number of hydrogen-bond acceptors (Lipinski definition) is 3. The van der Waals surface area contributed by atoms with Crippen LogP contribution in [0.3, 0.4) is 0 Å². The fourth-order valence-electron chi connectivity index (χ4n) is 3.75. The Kier molecular flexibility index (Phi) is 3.62. The lowest BCUT2D eigenvalue weighted by Gasteiger charge is -2.47. The lowest BCUT2D eigenvalue weighted by Crippen LogP contribution is -2.53. The predicted molar refractivity (Wildman–Crippen MR) is 77.1 cm³/mol. The molecule has 1 aromatic rings. The number of anilines is 1. The van der Waals surface area contributed by atoms with Gasteiger partial charge in [0, 0.05) is 19.1 Å². The number of piperidine rings is 2. The van der Waals surface area contributed by atoms with Crippen molar-refractivity contribution in [2.45, 2.75) is 25.3 Å². The van der Waals surface area contributed by atoms with E-state index >= 15 is 0 Å². The molecule has 0 aliphatic carbocycles. The van der Waals surface area contributed by atoms with Crippen LogP contribution in [-0.2, 0) is 0 Å². The molecule has 4 heteroatoms. The van der Waals surface area contributed by atoms with Crippen molar-refractivity contribution in [3.05, 3.63) is 29.6 Å². The number of fused-ring (bicyclic) bond motifs is 1. The van der Waals surface area contributed by atoms with Gasteiger partial charge in [0.15, 0.2) is 0 Å². The van der Waals surface area contributed by atoms with Crippen molar-refractivity contribution in [2.75, 3.05) is 31.6 Å². The molecule has 0 radical (unpaired) electrons. The van der Waals surface area contributed by atoms with E-state index in [1.807, 2.05) is 12.1 Å². The quantitative estimate of drug-likeness (QED) is 0.788. The Morgan fingerprint density at radius 3 is 2.95 bits per heavy atom. The van der Waals surface area contributed by atoms with Gasteiger partial charge in [0.2, 0.25) is 0 Å². The largest absolute Gasteiger partial charge is 0.367 e. The molecule has 2 aliphatic rings. The molecule has 3 rings (SSSR count). The summed E-state index contributed by atoms with van der Waals surface area (Å²) in [6.07, 6.45) is 3.46. The van der Waals surface area contributed by atoms with E-state index in [0.29, 0.717) is 12.0 Å². The average molecular weight is 273 g/mol. The number of halogens is 1. The van der Waals surface area contributed by atoms with Crippen molar-refractivity contribution >= 4 is 5.69 Å². The van der Waals surface area contributed by atoms with Gasteiger partial charge in [-0.05, 0) is 50.9 Å². The fraction of sp³-hybridized carbons (Fsp3) is 0.562. The SMILES string of the molecule is CN1CCC2C(CCCN2c2cccc(F)c2C#N)C1. The third-order valence-electron chi connectivity index (χ3n) is 4.68. The highest BCUT2D eigenvalue weighted by atomic mass is 19.1. The van der Waals surface area contributed by atoms with Crippen LogP contribution in [-0.4, -0.2) is 37.6 Å². The van der Waals surface area contributed by atoms with Gasteiger partial charge in [0.25, 0.3) is 0 Å². The van der Waals surface area contributed by atoms with Crippen LogP contribution in [0.5, 0.6) is 0 Å². The van der Waals surface area contributed by atoms with Crippen molar-refractivity contribution < 1.29 is 4.39 Å². The van der Waals surface area contributed by atoms with Crippen LogP contribution in [0.1, 0.15) is 24.8 Å². The van der Waals surface area contributed by atoms with Gasteiger partial charge in [-0.1, -0.05) is 6.07 Å². The summed E-state index contributed by atoms with van der Waals surface area (Å²) in [5.74, 6) is 0.234. The first-order valence-electron chi connectivity index (χ1n) is 7.34. The van der Waals surface area contributed by atoms with Crippen LogP contribution in [0.15, 0.2) is 18.2 Å². The molecule has 2 atom stereocenters. The zero-order valence-corrected chi connectivity index (χ0v) is 11.8. The van der Waals surface area contributed by atoms with Crippen LogP contribution in [0.2, 0.25) is 0 Å². The summed E-state index contributed by atoms with van der Waals surface area (Å²) in [7, 11) is 2.16. The number of rotatable bonds is 1. The molecule has 0 spiro atoms. The molecule has 0 N–H and O–H groups in total. The topological polar surface area (TPSA) is 30.3 Å². The van der Waals surface area contributed by atoms with Crippen molar-refractivity contribution in [3.8, 4) is 6.07 Å². The summed E-state index contributed by atoms with van der Waals surface area (Å²) in [4.78, 5) is 4.66. The Morgan fingerprint density at radius 2 is 2.15 bits per heavy atom. The molecule has 0 amide bonds. The molecule has 106 valence electrons. The average Bonchev–Trinajstić information content (AvgIpc) is 2.46. The van der Waals surface area contributed by atoms with Crippen LogP contribution >= 0.6 is 0 Å². The van der Waals surface area contributed by atoms with Crippen molar-refractivity contribution in [1.82, 2.24) is 4.90 Å². The molecule has 2 heterocycles. The van der Waals surface area contributed by atoms with Crippen LogP contribution in [0.4, 0.5) is 10.1 Å². The van der Waals surface area contributed by atoms with E-state index in [4.69, 9.17) is 0 Å². The minimum Gasteiger partial charge on any atom is -0.367 e. The monoisotopic (exact) mass is 273 g/mol. The number of likely N-dealkylation sites (tertiary alicyclic amines) is 1. The second-order valence-electron chi connectivity index (χ2n) is 5.96. The molecule has 0 saturated carbocycles. The van der Waals surface area contributed by atoms with E-state index in [2.05, 4.69) is 16.8 Å². The number of nitrogens with zero attached hydrogens (tertiary/aromatic N) is 3. The van der Waals surface area contributed by atoms with Gasteiger partial charge in [0.1, 0.15) is 17.4 Å². The second kappa shape index (κ2) is 5.41. The number of nitriles is 1. The lowest BCUT2D eigenvalue weighted by atomic mass is 9.83. The van der Waals surface area contributed by atoms with Gasteiger partial charge in [-0.3, -0.25) is 0 Å². The normalized spacial score (nSPS) is 26.9. The van der Waals surface area contributed by atoms with Crippen LogP contribution in [0, 0.1) is 23.1 Å². The zero-order chi connectivity index (χ0) is 14.1. The van der Waals surface area contributed by atoms with Gasteiger partial charge in [-0.15, -0.1) is 0 Å². The maximum Gasteiger partial charge on any atom is 0.143 e. The maximum atomic E-state index is 13.8. The van der Waals surface area contributed by atoms with E-state index in [-0.39, 0.29) is 5.56 Å². The molecular weight excluding hydrogens is 253 g/mol. The fourth-order valence-corrected chi connectivity index (χ4v) is 3.75. The van der Waals surface area contributed by atoms with E-state index in [0.717, 1.165) is 38.2 Å². The first-order valence-corrected chi connectivity index (χ1v) is 7.34. The van der Waals surface area contributed by atoms with Crippen molar-refractivity contribution in [1.29, 1.82) is 5.26 Å². The van der Waals surface area contributed by atoms with Crippen molar-refractivity contribution in [3.63, 3.8) is 0 Å². The lowest BCUT2D eigenvalue weighted by molar-refractivity contribution is 0.154. The molecule has 0 bridgehead atoms. The Balaban J connectivity index is 1.94. The summed E-state index contributed by atoms with van der Waals surface area (Å²) >= 11 is 0. The zero-order valence-electron chi connectivity index (χ0n) is 11.8. The molecule has 2 fully saturated rings. The van der Waals surface area contributed by atoms with E-state index < -0.39 is 5.82 Å². The highest BCUT2D eigenvalue weighted by molar-refractivity contribution is 5.60. The Hall–Kier alpha value is -1.60. The van der Waals surface area contributed by atoms with E-state index in [1.54, 1.807) is 6.07 Å². The summed E-state index contributed by atoms with van der Waals surface area (Å²) in [5, 5.41) is 9.24. The first kappa shape index (κ1) is 13.4. The van der Waals surface area contributed by atoms with Gasteiger partial charge < -0.3 is 9.80 Å². The molecule has 1 aromatic carbocycles. The Labute approximate surface area is 119 Å². The minimum absolute atomic E-state index is 0.201. The molecule has 2 aliphatic heterocycles. The van der Waals surface area contributed by atoms with Gasteiger partial charge >= 0.3 is 0 Å². The smallest absolute Gasteiger partial charge is 0.143 e. The summed E-state index contributed by atoms with van der Waals surface area (Å²) < 4.78 is 13.8. The highest BCUT2D eigenvalue weighted by Crippen LogP contribution is 2.35. The highest BCUT2D eigenvalue weighted by Gasteiger charge is 2.36. The van der Waals surface area contributed by atoms with Gasteiger partial charge in [-0.25, -0.2) is 4.39 Å². The molecule has 20 heavy (non-hydrogen) atoms. The van der Waals surface area contributed by atoms with Gasteiger partial charge in [-0.2, -0.15) is 5.26 Å². The van der Waals surface area contributed by atoms with E-state index in [9.17, 15) is 9.65 Å². The number of benzene rings is 1. The molecular formula is C16H20FN3. The summed E-state index contributed by atoms with van der Waals surface area (Å²) in [6, 6.07) is 7.47. The maximum absolute atomic E-state index is 13.8. The van der Waals surface area contributed by atoms with Crippen LogP contribution < -0.4 is 4.90 Å². The molecule has 0 aromatic heterocycles. The van der Waals surface area contributed by atoms with Crippen LogP contribution in [0.25, 0.3) is 0 Å². The standard InChI is InChI=1S/C16H20FN3/c1-19-9-7-15-12(11-19)4-3-8-20(15)16-6-2-5-14(17)13(16)10-18/h2,5-6,12,15H,3-4,7-9,11H2,1H3. The molecule has 2 unspecified atom stereocenters. The van der Waals surface area contributed by atoms with Gasteiger partial charge in [0.05, 0.1) is 5.69 Å². The summed E-state index contributed by atoms with van der Waals surface area (Å²) in [5.41, 5.74) is 0.985. The second-order valence-corrected chi connectivity index (χ2v) is 5.96. The third kappa shape index (κ3) is 2.27. The Bertz CT molecular complexity index is 537. The third-order valence-corrected chi connectivity index (χ3v) is 4.68. The number of hydrogen-bond donors (Lipinski definition) is 0.